The van der Waals surface area contributed by atoms with Crippen LogP contribution in [0.1, 0.15) is 10.7 Å². The lowest BCUT2D eigenvalue weighted by Crippen LogP contribution is -1.90. The van der Waals surface area contributed by atoms with Gasteiger partial charge in [-0.3, -0.25) is 0 Å². The van der Waals surface area contributed by atoms with E-state index in [1.54, 1.807) is 6.20 Å². The number of anilines is 1. The number of aromatic nitrogens is 3. The van der Waals surface area contributed by atoms with E-state index >= 15 is 0 Å². The zero-order chi connectivity index (χ0) is 13.0. The molecule has 1 N–H and O–H groups in total. The molecule has 0 aliphatic heterocycles. The minimum Gasteiger partial charge on any atom is -0.335 e. The number of hydrogen-bond donors (Lipinski definition) is 1. The lowest BCUT2D eigenvalue weighted by molar-refractivity contribution is 1.08. The molecule has 5 nitrogen and oxygen atoms in total. The third kappa shape index (κ3) is 3.07. The van der Waals surface area contributed by atoms with Crippen molar-refractivity contribution in [3.8, 4) is 6.07 Å². The van der Waals surface area contributed by atoms with Crippen LogP contribution in [0.25, 0.3) is 5.57 Å². The molecule has 0 bridgehead atoms. The first-order valence-corrected chi connectivity index (χ1v) is 7.77. The summed E-state index contributed by atoms with van der Waals surface area (Å²) in [6.45, 7) is 1.90. The van der Waals surface area contributed by atoms with Crippen LogP contribution in [-0.4, -0.2) is 20.6 Å². The van der Waals surface area contributed by atoms with Gasteiger partial charge in [0.05, 0.1) is 0 Å². The second-order valence-corrected chi connectivity index (χ2v) is 5.58. The maximum atomic E-state index is 9.09. The van der Waals surface area contributed by atoms with E-state index in [0.29, 0.717) is 15.7 Å². The highest BCUT2D eigenvalue weighted by molar-refractivity contribution is 7.98. The van der Waals surface area contributed by atoms with Crippen LogP contribution in [0, 0.1) is 18.3 Å². The van der Waals surface area contributed by atoms with Crippen LogP contribution in [0.3, 0.4) is 0 Å². The summed E-state index contributed by atoms with van der Waals surface area (Å²) in [4.78, 5) is 8.49. The normalized spacial score (nSPS) is 11.3. The van der Waals surface area contributed by atoms with E-state index in [1.807, 2.05) is 18.6 Å². The molecule has 2 aromatic rings. The number of hydrogen-bond acceptors (Lipinski definition) is 8. The van der Waals surface area contributed by atoms with Crippen LogP contribution < -0.4 is 5.32 Å². The Balaban J connectivity index is 2.14. The van der Waals surface area contributed by atoms with Crippen molar-refractivity contribution < 1.29 is 0 Å². The van der Waals surface area contributed by atoms with Gasteiger partial charge in [-0.05, 0) is 13.2 Å². The molecule has 0 spiro atoms. The van der Waals surface area contributed by atoms with Gasteiger partial charge in [0.25, 0.3) is 0 Å². The molecule has 0 atom stereocenters. The van der Waals surface area contributed by atoms with Crippen LogP contribution in [0.4, 0.5) is 5.13 Å². The SMILES string of the molecule is CSc1nsc(N/C=C(\C#N)c2nc(C)cs2)n1. The molecule has 2 rings (SSSR count). The van der Waals surface area contributed by atoms with Gasteiger partial charge in [-0.15, -0.1) is 11.3 Å². The zero-order valence-corrected chi connectivity index (χ0v) is 12.1. The Morgan fingerprint density at radius 3 is 2.94 bits per heavy atom. The number of aryl methyl sites for hydroxylation is 1. The van der Waals surface area contributed by atoms with E-state index in [1.165, 1.54) is 34.6 Å². The first-order valence-electron chi connectivity index (χ1n) is 4.90. The average molecular weight is 295 g/mol. The molecule has 0 aliphatic rings. The highest BCUT2D eigenvalue weighted by Gasteiger charge is 2.06. The van der Waals surface area contributed by atoms with Gasteiger partial charge in [-0.2, -0.15) is 14.6 Å². The molecule has 92 valence electrons. The van der Waals surface area contributed by atoms with E-state index in [2.05, 4.69) is 25.7 Å². The third-order valence-corrected chi connectivity index (χ3v) is 4.20. The molecule has 0 aliphatic carbocycles. The summed E-state index contributed by atoms with van der Waals surface area (Å²) in [7, 11) is 0. The van der Waals surface area contributed by atoms with Gasteiger partial charge >= 0.3 is 0 Å². The second-order valence-electron chi connectivity index (χ2n) is 3.19. The average Bonchev–Trinajstić information content (AvgIpc) is 2.99. The van der Waals surface area contributed by atoms with E-state index < -0.39 is 0 Å². The van der Waals surface area contributed by atoms with E-state index in [4.69, 9.17) is 5.26 Å². The van der Waals surface area contributed by atoms with E-state index in [9.17, 15) is 0 Å². The lowest BCUT2D eigenvalue weighted by Gasteiger charge is -1.94. The molecular formula is C10H9N5S3. The van der Waals surface area contributed by atoms with Crippen LogP contribution in [0.2, 0.25) is 0 Å². The molecule has 0 saturated heterocycles. The first-order chi connectivity index (χ1) is 8.72. The van der Waals surface area contributed by atoms with Gasteiger partial charge in [-0.25, -0.2) is 4.98 Å². The molecule has 18 heavy (non-hydrogen) atoms. The van der Waals surface area contributed by atoms with Crippen molar-refractivity contribution in [3.63, 3.8) is 0 Å². The van der Waals surface area contributed by atoms with Crippen LogP contribution in [-0.2, 0) is 0 Å². The summed E-state index contributed by atoms with van der Waals surface area (Å²) in [6, 6.07) is 2.12. The van der Waals surface area contributed by atoms with Crippen molar-refractivity contribution >= 4 is 45.3 Å². The minimum absolute atomic E-state index is 0.494. The zero-order valence-electron chi connectivity index (χ0n) is 9.67. The molecular weight excluding hydrogens is 286 g/mol. The van der Waals surface area contributed by atoms with Crippen LogP contribution >= 0.6 is 34.6 Å². The van der Waals surface area contributed by atoms with Crippen LogP contribution in [0.15, 0.2) is 16.7 Å². The predicted molar refractivity (Wildman–Crippen MR) is 75.8 cm³/mol. The number of allylic oxidation sites excluding steroid dienone is 1. The van der Waals surface area contributed by atoms with Gasteiger partial charge < -0.3 is 5.32 Å². The molecule has 0 aromatic carbocycles. The maximum absolute atomic E-state index is 9.09. The Kier molecular flexibility index (Phi) is 4.30. The quantitative estimate of drug-likeness (QED) is 0.690. The Bertz CT molecular complexity index is 607. The van der Waals surface area contributed by atoms with Crippen molar-refractivity contribution in [2.75, 3.05) is 11.6 Å². The molecule has 2 heterocycles. The van der Waals surface area contributed by atoms with Gasteiger partial charge in [-0.1, -0.05) is 11.8 Å². The van der Waals surface area contributed by atoms with Crippen molar-refractivity contribution in [1.29, 1.82) is 5.26 Å². The molecule has 0 fully saturated rings. The summed E-state index contributed by atoms with van der Waals surface area (Å²) < 4.78 is 4.12. The number of thiazole rings is 1. The standard InChI is InChI=1S/C10H9N5S3/c1-6-5-17-8(13-6)7(3-11)4-12-9-14-10(16-2)15-18-9/h4-5H,1-2H3,(H,12,14,15)/b7-4+. The molecule has 0 saturated carbocycles. The highest BCUT2D eigenvalue weighted by atomic mass is 32.2. The number of rotatable bonds is 4. The number of nitriles is 1. The summed E-state index contributed by atoms with van der Waals surface area (Å²) in [5, 5.41) is 16.1. The van der Waals surface area contributed by atoms with Crippen molar-refractivity contribution in [1.82, 2.24) is 14.3 Å². The summed E-state index contributed by atoms with van der Waals surface area (Å²) >= 11 is 4.19. The fourth-order valence-corrected chi connectivity index (χ4v) is 2.96. The van der Waals surface area contributed by atoms with Crippen molar-refractivity contribution in [3.05, 3.63) is 22.3 Å². The van der Waals surface area contributed by atoms with Gasteiger partial charge in [0.15, 0.2) is 0 Å². The number of thioether (sulfide) groups is 1. The van der Waals surface area contributed by atoms with Crippen molar-refractivity contribution in [2.24, 2.45) is 0 Å². The number of nitrogens with zero attached hydrogens (tertiary/aromatic N) is 4. The fraction of sp³-hybridized carbons (Fsp3) is 0.200. The largest absolute Gasteiger partial charge is 0.335 e. The Hall–Kier alpha value is -1.43. The molecule has 2 aromatic heterocycles. The highest BCUT2D eigenvalue weighted by Crippen LogP contribution is 2.21. The van der Waals surface area contributed by atoms with Gasteiger partial charge in [0.1, 0.15) is 16.6 Å². The van der Waals surface area contributed by atoms with E-state index in [-0.39, 0.29) is 0 Å². The monoisotopic (exact) mass is 295 g/mol. The van der Waals surface area contributed by atoms with Gasteiger partial charge in [0.2, 0.25) is 10.3 Å². The maximum Gasteiger partial charge on any atom is 0.207 e. The summed E-state index contributed by atoms with van der Waals surface area (Å²) in [5.74, 6) is 0. The second kappa shape index (κ2) is 5.95. The summed E-state index contributed by atoms with van der Waals surface area (Å²) in [5.41, 5.74) is 1.41. The smallest absolute Gasteiger partial charge is 0.207 e. The van der Waals surface area contributed by atoms with E-state index in [0.717, 1.165) is 10.9 Å². The molecule has 0 radical (unpaired) electrons. The Morgan fingerprint density at radius 1 is 1.56 bits per heavy atom. The van der Waals surface area contributed by atoms with Gasteiger partial charge in [0, 0.05) is 28.8 Å². The fourth-order valence-electron chi connectivity index (χ4n) is 1.10. The lowest BCUT2D eigenvalue weighted by atomic mass is 10.3. The summed E-state index contributed by atoms with van der Waals surface area (Å²) in [6.07, 6.45) is 3.53. The Labute approximate surface area is 117 Å². The Morgan fingerprint density at radius 2 is 2.39 bits per heavy atom. The minimum atomic E-state index is 0.494. The predicted octanol–water partition coefficient (Wildman–Crippen LogP) is 3.00. The molecule has 8 heteroatoms. The van der Waals surface area contributed by atoms with Crippen molar-refractivity contribution in [2.45, 2.75) is 12.1 Å². The van der Waals surface area contributed by atoms with Crippen LogP contribution in [0.5, 0.6) is 0 Å². The first kappa shape index (κ1) is 13.0. The molecule has 0 unspecified atom stereocenters. The number of nitrogens with one attached hydrogen (secondary N) is 1. The topological polar surface area (TPSA) is 74.5 Å². The molecule has 0 amide bonds. The third-order valence-electron chi connectivity index (χ3n) is 1.90.